The molecule has 0 atom stereocenters. The van der Waals surface area contributed by atoms with Crippen molar-refractivity contribution in [2.75, 3.05) is 14.2 Å². The van der Waals surface area contributed by atoms with Crippen molar-refractivity contribution in [2.45, 2.75) is 24.8 Å². The van der Waals surface area contributed by atoms with Crippen LogP contribution in [0.2, 0.25) is 0 Å². The van der Waals surface area contributed by atoms with Gasteiger partial charge in [-0.2, -0.15) is 0 Å². The molecule has 1 amide bonds. The van der Waals surface area contributed by atoms with Gasteiger partial charge in [0.1, 0.15) is 0 Å². The topological polar surface area (TPSA) is 47.6 Å². The van der Waals surface area contributed by atoms with E-state index in [0.717, 1.165) is 34.9 Å². The van der Waals surface area contributed by atoms with Crippen LogP contribution in [-0.4, -0.2) is 20.1 Å². The summed E-state index contributed by atoms with van der Waals surface area (Å²) in [5.41, 5.74) is 1.76. The summed E-state index contributed by atoms with van der Waals surface area (Å²) in [7, 11) is 3.19. The smallest absolute Gasteiger partial charge is 0.244 e. The largest absolute Gasteiger partial charge is 0.493 e. The maximum Gasteiger partial charge on any atom is 0.244 e. The molecule has 0 radical (unpaired) electrons. The quantitative estimate of drug-likeness (QED) is 0.696. The molecule has 1 N–H and O–H groups in total. The Morgan fingerprint density at radius 3 is 2.50 bits per heavy atom. The normalized spacial score (nSPS) is 15.3. The fourth-order valence-corrected chi connectivity index (χ4v) is 3.61. The molecule has 0 aliphatic heterocycles. The predicted molar refractivity (Wildman–Crippen MR) is 106 cm³/mol. The van der Waals surface area contributed by atoms with Crippen molar-refractivity contribution in [1.29, 1.82) is 0 Å². The zero-order valence-electron chi connectivity index (χ0n) is 14.9. The first-order valence-electron chi connectivity index (χ1n) is 8.55. The number of carbonyl (C=O) groups excluding carboxylic acids is 1. The number of rotatable bonds is 6. The average molecular weight is 416 g/mol. The van der Waals surface area contributed by atoms with Crippen LogP contribution in [0.15, 0.2) is 53.0 Å². The van der Waals surface area contributed by atoms with Crippen LogP contribution in [0, 0.1) is 0 Å². The maximum absolute atomic E-state index is 12.5. The first-order valence-corrected chi connectivity index (χ1v) is 9.34. The summed E-state index contributed by atoms with van der Waals surface area (Å²) in [6.45, 7) is 0. The van der Waals surface area contributed by atoms with Gasteiger partial charge < -0.3 is 14.8 Å². The van der Waals surface area contributed by atoms with Crippen molar-refractivity contribution in [1.82, 2.24) is 5.32 Å². The van der Waals surface area contributed by atoms with Gasteiger partial charge >= 0.3 is 0 Å². The summed E-state index contributed by atoms with van der Waals surface area (Å²) in [4.78, 5) is 12.5. The van der Waals surface area contributed by atoms with Crippen LogP contribution < -0.4 is 14.8 Å². The third-order valence-corrected chi connectivity index (χ3v) is 5.27. The Balaban J connectivity index is 1.73. The van der Waals surface area contributed by atoms with Gasteiger partial charge in [0.05, 0.1) is 19.8 Å². The molecule has 136 valence electrons. The highest BCUT2D eigenvalue weighted by molar-refractivity contribution is 9.10. The molecule has 0 unspecified atom stereocenters. The minimum atomic E-state index is -0.261. The Labute approximate surface area is 162 Å². The zero-order chi connectivity index (χ0) is 18.6. The van der Waals surface area contributed by atoms with Gasteiger partial charge in [0.15, 0.2) is 11.5 Å². The second-order valence-corrected chi connectivity index (χ2v) is 7.30. The van der Waals surface area contributed by atoms with E-state index in [2.05, 4.69) is 33.4 Å². The van der Waals surface area contributed by atoms with Gasteiger partial charge in [0, 0.05) is 10.5 Å². The second-order valence-electron chi connectivity index (χ2n) is 6.38. The summed E-state index contributed by atoms with van der Waals surface area (Å²) in [6.07, 6.45) is 6.38. The zero-order valence-corrected chi connectivity index (χ0v) is 16.5. The second kappa shape index (κ2) is 7.96. The highest BCUT2D eigenvalue weighted by atomic mass is 79.9. The SMILES string of the molecule is COc1ccc(/C=C/C(=O)NC2(c3cccc(Br)c3)CCC2)cc1OC. The minimum absolute atomic E-state index is 0.0977. The van der Waals surface area contributed by atoms with Crippen LogP contribution in [0.4, 0.5) is 0 Å². The lowest BCUT2D eigenvalue weighted by molar-refractivity contribution is -0.119. The van der Waals surface area contributed by atoms with E-state index in [1.807, 2.05) is 30.3 Å². The number of methoxy groups -OCH3 is 2. The predicted octanol–water partition coefficient (Wildman–Crippen LogP) is 4.68. The summed E-state index contributed by atoms with van der Waals surface area (Å²) in [5.74, 6) is 1.20. The van der Waals surface area contributed by atoms with Crippen molar-refractivity contribution in [3.05, 3.63) is 64.1 Å². The first-order chi connectivity index (χ1) is 12.6. The highest BCUT2D eigenvalue weighted by Crippen LogP contribution is 2.42. The summed E-state index contributed by atoms with van der Waals surface area (Å²) in [6, 6.07) is 13.7. The van der Waals surface area contributed by atoms with Gasteiger partial charge in [-0.1, -0.05) is 34.1 Å². The number of benzene rings is 2. The van der Waals surface area contributed by atoms with Crippen LogP contribution in [0.5, 0.6) is 11.5 Å². The molecule has 1 aliphatic carbocycles. The van der Waals surface area contributed by atoms with Crippen molar-refractivity contribution >= 4 is 27.9 Å². The molecule has 26 heavy (non-hydrogen) atoms. The summed E-state index contributed by atoms with van der Waals surface area (Å²) >= 11 is 3.51. The monoisotopic (exact) mass is 415 g/mol. The van der Waals surface area contributed by atoms with E-state index in [1.54, 1.807) is 26.4 Å². The Morgan fingerprint density at radius 1 is 1.12 bits per heavy atom. The number of nitrogens with one attached hydrogen (secondary N) is 1. The molecular weight excluding hydrogens is 394 g/mol. The molecule has 0 bridgehead atoms. The molecule has 5 heteroatoms. The standard InChI is InChI=1S/C21H22BrNO3/c1-25-18-9-7-15(13-19(18)26-2)8-10-20(24)23-21(11-4-12-21)16-5-3-6-17(22)14-16/h3,5-10,13-14H,4,11-12H2,1-2H3,(H,23,24)/b10-8+. The third-order valence-electron chi connectivity index (χ3n) is 4.78. The molecule has 4 nitrogen and oxygen atoms in total. The molecule has 0 saturated heterocycles. The lowest BCUT2D eigenvalue weighted by Gasteiger charge is -2.43. The average Bonchev–Trinajstić information content (AvgIpc) is 2.62. The van der Waals surface area contributed by atoms with Gasteiger partial charge in [-0.15, -0.1) is 0 Å². The Bertz CT molecular complexity index is 828. The molecule has 1 aliphatic rings. The van der Waals surface area contributed by atoms with E-state index in [4.69, 9.17) is 9.47 Å². The van der Waals surface area contributed by atoms with Gasteiger partial charge in [0.2, 0.25) is 5.91 Å². The Kier molecular flexibility index (Phi) is 5.67. The van der Waals surface area contributed by atoms with Gasteiger partial charge in [-0.3, -0.25) is 4.79 Å². The summed E-state index contributed by atoms with van der Waals surface area (Å²) in [5, 5.41) is 3.19. The first kappa shape index (κ1) is 18.5. The molecule has 3 rings (SSSR count). The molecular formula is C21H22BrNO3. The van der Waals surface area contributed by atoms with Gasteiger partial charge in [-0.25, -0.2) is 0 Å². The number of ether oxygens (including phenoxy) is 2. The van der Waals surface area contributed by atoms with Crippen LogP contribution in [-0.2, 0) is 10.3 Å². The van der Waals surface area contributed by atoms with Crippen molar-refractivity contribution < 1.29 is 14.3 Å². The van der Waals surface area contributed by atoms with Crippen molar-refractivity contribution in [3.63, 3.8) is 0 Å². The van der Waals surface area contributed by atoms with Crippen LogP contribution in [0.1, 0.15) is 30.4 Å². The third kappa shape index (κ3) is 3.93. The Hall–Kier alpha value is -2.27. The van der Waals surface area contributed by atoms with Crippen LogP contribution in [0.25, 0.3) is 6.08 Å². The fourth-order valence-electron chi connectivity index (χ4n) is 3.21. The summed E-state index contributed by atoms with van der Waals surface area (Å²) < 4.78 is 11.6. The molecule has 2 aromatic carbocycles. The van der Waals surface area contributed by atoms with E-state index in [-0.39, 0.29) is 11.4 Å². The van der Waals surface area contributed by atoms with Crippen LogP contribution >= 0.6 is 15.9 Å². The lowest BCUT2D eigenvalue weighted by Crippen LogP contribution is -2.50. The van der Waals surface area contributed by atoms with E-state index in [9.17, 15) is 4.79 Å². The van der Waals surface area contributed by atoms with E-state index in [1.165, 1.54) is 0 Å². The van der Waals surface area contributed by atoms with E-state index in [0.29, 0.717) is 11.5 Å². The number of halogens is 1. The van der Waals surface area contributed by atoms with E-state index >= 15 is 0 Å². The number of hydrogen-bond acceptors (Lipinski definition) is 3. The minimum Gasteiger partial charge on any atom is -0.493 e. The highest BCUT2D eigenvalue weighted by Gasteiger charge is 2.39. The van der Waals surface area contributed by atoms with Gasteiger partial charge in [-0.05, 0) is 60.7 Å². The van der Waals surface area contributed by atoms with E-state index < -0.39 is 0 Å². The maximum atomic E-state index is 12.5. The lowest BCUT2D eigenvalue weighted by atomic mass is 9.72. The fraction of sp³-hybridized carbons (Fsp3) is 0.286. The van der Waals surface area contributed by atoms with Crippen LogP contribution in [0.3, 0.4) is 0 Å². The van der Waals surface area contributed by atoms with Crippen molar-refractivity contribution in [3.8, 4) is 11.5 Å². The number of hydrogen-bond donors (Lipinski definition) is 1. The van der Waals surface area contributed by atoms with Crippen molar-refractivity contribution in [2.24, 2.45) is 0 Å². The molecule has 0 heterocycles. The molecule has 2 aromatic rings. The molecule has 0 aromatic heterocycles. The number of carbonyl (C=O) groups is 1. The number of amides is 1. The molecule has 1 saturated carbocycles. The molecule has 1 fully saturated rings. The Morgan fingerprint density at radius 2 is 1.88 bits per heavy atom. The van der Waals surface area contributed by atoms with Gasteiger partial charge in [0.25, 0.3) is 0 Å². The molecule has 0 spiro atoms.